The van der Waals surface area contributed by atoms with Crippen LogP contribution in [-0.2, 0) is 4.79 Å². The summed E-state index contributed by atoms with van der Waals surface area (Å²) >= 11 is 12.2. The van der Waals surface area contributed by atoms with Crippen molar-refractivity contribution in [1.29, 1.82) is 0 Å². The number of anilines is 1. The van der Waals surface area contributed by atoms with E-state index < -0.39 is 4.92 Å². The number of rotatable bonds is 3. The van der Waals surface area contributed by atoms with Crippen molar-refractivity contribution in [2.75, 3.05) is 11.4 Å². The lowest BCUT2D eigenvalue weighted by Gasteiger charge is -2.29. The summed E-state index contributed by atoms with van der Waals surface area (Å²) < 4.78 is 0. The Bertz CT molecular complexity index is 888. The number of carbonyl (C=O) groups excluding carboxylic acids is 1. The third-order valence-corrected chi connectivity index (χ3v) is 5.70. The fraction of sp³-hybridized carbons (Fsp3) is 0.278. The van der Waals surface area contributed by atoms with Gasteiger partial charge in [-0.2, -0.15) is 0 Å². The molecule has 2 aliphatic rings. The van der Waals surface area contributed by atoms with Crippen molar-refractivity contribution in [1.82, 2.24) is 4.90 Å². The van der Waals surface area contributed by atoms with E-state index in [0.717, 1.165) is 24.9 Å². The number of nitro groups is 1. The molecule has 0 spiro atoms. The van der Waals surface area contributed by atoms with Gasteiger partial charge in [0.05, 0.1) is 21.0 Å². The maximum Gasteiger partial charge on any atom is 0.269 e. The van der Waals surface area contributed by atoms with E-state index in [4.69, 9.17) is 23.2 Å². The molecule has 2 aromatic rings. The number of nitrogens with zero attached hydrogens (tertiary/aromatic N) is 3. The third kappa shape index (κ3) is 2.74. The van der Waals surface area contributed by atoms with Gasteiger partial charge in [0.25, 0.3) is 5.69 Å². The SMILES string of the molecule is O=C1C2CCCN2C(c2ccc([N+](=O)[O-])cc2)N1c1ccc(Cl)c(Cl)c1. The summed E-state index contributed by atoms with van der Waals surface area (Å²) in [7, 11) is 0. The number of amides is 1. The van der Waals surface area contributed by atoms with Crippen LogP contribution in [0.2, 0.25) is 10.0 Å². The Morgan fingerprint density at radius 1 is 1.08 bits per heavy atom. The second-order valence-electron chi connectivity index (χ2n) is 6.42. The fourth-order valence-electron chi connectivity index (χ4n) is 3.79. The first-order chi connectivity index (χ1) is 12.5. The van der Waals surface area contributed by atoms with E-state index in [1.54, 1.807) is 35.2 Å². The summed E-state index contributed by atoms with van der Waals surface area (Å²) in [6, 6.07) is 11.3. The number of hydrogen-bond donors (Lipinski definition) is 0. The van der Waals surface area contributed by atoms with E-state index in [0.29, 0.717) is 15.7 Å². The zero-order chi connectivity index (χ0) is 18.4. The molecule has 2 saturated heterocycles. The second kappa shape index (κ2) is 6.54. The molecule has 0 aromatic heterocycles. The molecule has 0 saturated carbocycles. The highest BCUT2D eigenvalue weighted by Gasteiger charge is 2.49. The highest BCUT2D eigenvalue weighted by atomic mass is 35.5. The predicted octanol–water partition coefficient (Wildman–Crippen LogP) is 4.41. The van der Waals surface area contributed by atoms with E-state index in [2.05, 4.69) is 4.90 Å². The van der Waals surface area contributed by atoms with Gasteiger partial charge in [-0.1, -0.05) is 23.2 Å². The molecule has 4 rings (SSSR count). The molecule has 0 radical (unpaired) electrons. The molecular formula is C18H15Cl2N3O3. The second-order valence-corrected chi connectivity index (χ2v) is 7.24. The summed E-state index contributed by atoms with van der Waals surface area (Å²) in [5, 5.41) is 11.7. The van der Waals surface area contributed by atoms with Gasteiger partial charge in [0.1, 0.15) is 6.17 Å². The van der Waals surface area contributed by atoms with Gasteiger partial charge in [-0.3, -0.25) is 24.7 Å². The van der Waals surface area contributed by atoms with Crippen molar-refractivity contribution in [3.63, 3.8) is 0 Å². The Kier molecular flexibility index (Phi) is 4.34. The lowest BCUT2D eigenvalue weighted by Crippen LogP contribution is -2.32. The summed E-state index contributed by atoms with van der Waals surface area (Å²) in [6.07, 6.45) is 1.45. The van der Waals surface area contributed by atoms with E-state index in [1.165, 1.54) is 12.1 Å². The monoisotopic (exact) mass is 391 g/mol. The molecule has 2 fully saturated rings. The van der Waals surface area contributed by atoms with E-state index in [-0.39, 0.29) is 23.8 Å². The van der Waals surface area contributed by atoms with Crippen LogP contribution in [0.4, 0.5) is 11.4 Å². The normalized spacial score (nSPS) is 22.7. The van der Waals surface area contributed by atoms with Gasteiger partial charge in [0.2, 0.25) is 5.91 Å². The van der Waals surface area contributed by atoms with E-state index >= 15 is 0 Å². The highest BCUT2D eigenvalue weighted by Crippen LogP contribution is 2.43. The van der Waals surface area contributed by atoms with Gasteiger partial charge in [0, 0.05) is 24.4 Å². The predicted molar refractivity (Wildman–Crippen MR) is 99.5 cm³/mol. The lowest BCUT2D eigenvalue weighted by molar-refractivity contribution is -0.384. The molecule has 0 aliphatic carbocycles. The number of benzene rings is 2. The van der Waals surface area contributed by atoms with Crippen LogP contribution in [0.5, 0.6) is 0 Å². The van der Waals surface area contributed by atoms with Gasteiger partial charge in [-0.25, -0.2) is 0 Å². The zero-order valence-corrected chi connectivity index (χ0v) is 15.2. The fourth-order valence-corrected chi connectivity index (χ4v) is 4.08. The van der Waals surface area contributed by atoms with Crippen LogP contribution in [-0.4, -0.2) is 28.3 Å². The molecule has 2 aromatic carbocycles. The first-order valence-electron chi connectivity index (χ1n) is 8.25. The van der Waals surface area contributed by atoms with Crippen LogP contribution in [0.15, 0.2) is 42.5 Å². The number of carbonyl (C=O) groups is 1. The molecular weight excluding hydrogens is 377 g/mol. The topological polar surface area (TPSA) is 66.7 Å². The molecule has 2 heterocycles. The number of hydrogen-bond acceptors (Lipinski definition) is 4. The minimum Gasteiger partial charge on any atom is -0.290 e. The third-order valence-electron chi connectivity index (χ3n) is 4.96. The number of fused-ring (bicyclic) bond motifs is 1. The summed E-state index contributed by atoms with van der Waals surface area (Å²) in [4.78, 5) is 27.4. The van der Waals surface area contributed by atoms with Crippen LogP contribution >= 0.6 is 23.2 Å². The summed E-state index contributed by atoms with van der Waals surface area (Å²) in [5.41, 5.74) is 1.53. The highest BCUT2D eigenvalue weighted by molar-refractivity contribution is 6.42. The quantitative estimate of drug-likeness (QED) is 0.573. The van der Waals surface area contributed by atoms with Crippen LogP contribution in [0, 0.1) is 10.1 Å². The maximum atomic E-state index is 13.0. The van der Waals surface area contributed by atoms with Crippen molar-refractivity contribution in [2.24, 2.45) is 0 Å². The number of halogens is 2. The van der Waals surface area contributed by atoms with Crippen LogP contribution in [0.25, 0.3) is 0 Å². The van der Waals surface area contributed by atoms with Gasteiger partial charge in [-0.05, 0) is 48.7 Å². The smallest absolute Gasteiger partial charge is 0.269 e. The van der Waals surface area contributed by atoms with Gasteiger partial charge < -0.3 is 0 Å². The standard InChI is InChI=1S/C18H15Cl2N3O3/c19-14-8-7-13(10-15(14)20)22-17(21-9-1-2-16(21)18(22)24)11-3-5-12(6-4-11)23(25)26/h3-8,10,16-17H,1-2,9H2. The van der Waals surface area contributed by atoms with Gasteiger partial charge in [-0.15, -0.1) is 0 Å². The van der Waals surface area contributed by atoms with E-state index in [9.17, 15) is 14.9 Å². The molecule has 8 heteroatoms. The maximum absolute atomic E-state index is 13.0. The van der Waals surface area contributed by atoms with Crippen molar-refractivity contribution < 1.29 is 9.72 Å². The average Bonchev–Trinajstić information content (AvgIpc) is 3.20. The molecule has 6 nitrogen and oxygen atoms in total. The molecule has 0 bridgehead atoms. The van der Waals surface area contributed by atoms with E-state index in [1.807, 2.05) is 0 Å². The van der Waals surface area contributed by atoms with Crippen LogP contribution < -0.4 is 4.90 Å². The molecule has 0 N–H and O–H groups in total. The molecule has 2 aliphatic heterocycles. The Balaban J connectivity index is 1.78. The van der Waals surface area contributed by atoms with Crippen LogP contribution in [0.3, 0.4) is 0 Å². The Labute approximate surface area is 160 Å². The van der Waals surface area contributed by atoms with Gasteiger partial charge in [0.15, 0.2) is 0 Å². The zero-order valence-electron chi connectivity index (χ0n) is 13.6. The van der Waals surface area contributed by atoms with Crippen molar-refractivity contribution >= 4 is 40.5 Å². The lowest BCUT2D eigenvalue weighted by atomic mass is 10.1. The van der Waals surface area contributed by atoms with Gasteiger partial charge >= 0.3 is 0 Å². The summed E-state index contributed by atoms with van der Waals surface area (Å²) in [5.74, 6) is 0.0178. The average molecular weight is 392 g/mol. The number of nitro benzene ring substituents is 1. The van der Waals surface area contributed by atoms with Crippen molar-refractivity contribution in [3.8, 4) is 0 Å². The molecule has 2 unspecified atom stereocenters. The Morgan fingerprint density at radius 3 is 2.46 bits per heavy atom. The Morgan fingerprint density at radius 2 is 1.81 bits per heavy atom. The first kappa shape index (κ1) is 17.3. The minimum absolute atomic E-state index is 0.0178. The minimum atomic E-state index is -0.432. The Hall–Kier alpha value is -2.15. The molecule has 1 amide bonds. The molecule has 134 valence electrons. The molecule has 26 heavy (non-hydrogen) atoms. The van der Waals surface area contributed by atoms with Crippen molar-refractivity contribution in [2.45, 2.75) is 25.0 Å². The van der Waals surface area contributed by atoms with Crippen LogP contribution in [0.1, 0.15) is 24.6 Å². The van der Waals surface area contributed by atoms with Crippen molar-refractivity contribution in [3.05, 3.63) is 68.2 Å². The largest absolute Gasteiger partial charge is 0.290 e. The molecule has 2 atom stereocenters. The summed E-state index contributed by atoms with van der Waals surface area (Å²) in [6.45, 7) is 0.801. The number of non-ortho nitro benzene ring substituents is 1. The first-order valence-corrected chi connectivity index (χ1v) is 9.01.